The number of carbonyl (C=O) groups excluding carboxylic acids is 1. The number of piperidine rings is 1. The van der Waals surface area contributed by atoms with E-state index in [2.05, 4.69) is 0 Å². The van der Waals surface area contributed by atoms with E-state index in [-0.39, 0.29) is 11.5 Å². The number of likely N-dealkylation sites (tertiary alicyclic amines) is 1. The minimum Gasteiger partial charge on any atom is -0.480 e. The number of halogens is 3. The van der Waals surface area contributed by atoms with Gasteiger partial charge in [0.25, 0.3) is 0 Å². The van der Waals surface area contributed by atoms with E-state index in [4.69, 9.17) is 0 Å². The van der Waals surface area contributed by atoms with Gasteiger partial charge in [-0.05, 0) is 43.2 Å². The topological polar surface area (TPSA) is 57.6 Å². The van der Waals surface area contributed by atoms with E-state index in [9.17, 15) is 27.9 Å². The standard InChI is InChI=1S/C17H18F3NO3/c18-17(19,20)13-6-2-1-5-10(13)11-9-12(11)15(22)21-8-4-3-7-14(21)16(23)24/h1-2,5-6,11-12,14H,3-4,7-9H2,(H,23,24)/t11?,12?,14-/m1/s1. The maximum Gasteiger partial charge on any atom is 0.416 e. The fraction of sp³-hybridized carbons (Fsp3) is 0.529. The zero-order valence-electron chi connectivity index (χ0n) is 12.9. The summed E-state index contributed by atoms with van der Waals surface area (Å²) in [5.74, 6) is -2.40. The summed E-state index contributed by atoms with van der Waals surface area (Å²) >= 11 is 0. The lowest BCUT2D eigenvalue weighted by atomic mass is 9.99. The normalized spacial score (nSPS) is 27.0. The molecule has 0 aromatic heterocycles. The van der Waals surface area contributed by atoms with Crippen molar-refractivity contribution < 1.29 is 27.9 Å². The van der Waals surface area contributed by atoms with Crippen molar-refractivity contribution in [2.24, 2.45) is 5.92 Å². The van der Waals surface area contributed by atoms with E-state index in [1.807, 2.05) is 0 Å². The van der Waals surface area contributed by atoms with Crippen LogP contribution in [-0.4, -0.2) is 34.5 Å². The highest BCUT2D eigenvalue weighted by Gasteiger charge is 2.50. The summed E-state index contributed by atoms with van der Waals surface area (Å²) in [6.07, 6.45) is -2.24. The van der Waals surface area contributed by atoms with Crippen molar-refractivity contribution in [3.63, 3.8) is 0 Å². The second kappa shape index (κ2) is 6.11. The quantitative estimate of drug-likeness (QED) is 0.918. The first-order chi connectivity index (χ1) is 11.3. The van der Waals surface area contributed by atoms with Crippen LogP contribution in [0.2, 0.25) is 0 Å². The Hall–Kier alpha value is -2.05. The van der Waals surface area contributed by atoms with Gasteiger partial charge in [0.15, 0.2) is 0 Å². The molecule has 130 valence electrons. The van der Waals surface area contributed by atoms with E-state index < -0.39 is 35.6 Å². The SMILES string of the molecule is O=C(O)[C@H]1CCCCN1C(=O)C1CC1c1ccccc1C(F)(F)F. The van der Waals surface area contributed by atoms with Gasteiger partial charge in [0, 0.05) is 12.5 Å². The Balaban J connectivity index is 1.78. The first-order valence-electron chi connectivity index (χ1n) is 8.00. The van der Waals surface area contributed by atoms with Gasteiger partial charge in [0.2, 0.25) is 5.91 Å². The summed E-state index contributed by atoms with van der Waals surface area (Å²) in [6, 6.07) is 4.44. The van der Waals surface area contributed by atoms with E-state index in [0.717, 1.165) is 18.9 Å². The second-order valence-electron chi connectivity index (χ2n) is 6.42. The third kappa shape index (κ3) is 3.12. The first kappa shape index (κ1) is 16.8. The molecule has 0 bridgehead atoms. The monoisotopic (exact) mass is 341 g/mol. The molecule has 1 heterocycles. The van der Waals surface area contributed by atoms with Gasteiger partial charge in [0.1, 0.15) is 6.04 Å². The Morgan fingerprint density at radius 2 is 1.88 bits per heavy atom. The molecule has 3 rings (SSSR count). The van der Waals surface area contributed by atoms with Gasteiger partial charge in [-0.2, -0.15) is 13.2 Å². The summed E-state index contributed by atoms with van der Waals surface area (Å²) in [7, 11) is 0. The number of alkyl halides is 3. The zero-order valence-corrected chi connectivity index (χ0v) is 12.9. The Bertz CT molecular complexity index is 659. The number of carboxylic acid groups (broad SMARTS) is 1. The molecular weight excluding hydrogens is 323 g/mol. The Morgan fingerprint density at radius 1 is 1.17 bits per heavy atom. The van der Waals surface area contributed by atoms with Crippen molar-refractivity contribution in [1.82, 2.24) is 4.90 Å². The molecular formula is C17H18F3NO3. The highest BCUT2D eigenvalue weighted by atomic mass is 19.4. The van der Waals surface area contributed by atoms with Crippen LogP contribution < -0.4 is 0 Å². The van der Waals surface area contributed by atoms with Crippen LogP contribution in [0.4, 0.5) is 13.2 Å². The molecule has 0 radical (unpaired) electrons. The number of carbonyl (C=O) groups is 2. The van der Waals surface area contributed by atoms with Gasteiger partial charge in [-0.1, -0.05) is 18.2 Å². The third-order valence-corrected chi connectivity index (χ3v) is 4.84. The first-order valence-corrected chi connectivity index (χ1v) is 8.00. The smallest absolute Gasteiger partial charge is 0.416 e. The minimum absolute atomic E-state index is 0.132. The van der Waals surface area contributed by atoms with Crippen molar-refractivity contribution >= 4 is 11.9 Å². The molecule has 7 heteroatoms. The average molecular weight is 341 g/mol. The molecule has 2 aliphatic rings. The number of hydrogen-bond donors (Lipinski definition) is 1. The number of amides is 1. The summed E-state index contributed by atoms with van der Waals surface area (Å²) in [4.78, 5) is 25.2. The van der Waals surface area contributed by atoms with E-state index in [1.165, 1.54) is 23.1 Å². The number of hydrogen-bond acceptors (Lipinski definition) is 2. The maximum absolute atomic E-state index is 13.1. The van der Waals surface area contributed by atoms with Gasteiger partial charge < -0.3 is 10.0 Å². The Kier molecular flexibility index (Phi) is 4.27. The second-order valence-corrected chi connectivity index (χ2v) is 6.42. The predicted molar refractivity (Wildman–Crippen MR) is 79.3 cm³/mol. The van der Waals surface area contributed by atoms with Crippen LogP contribution in [0.5, 0.6) is 0 Å². The molecule has 1 saturated heterocycles. The fourth-order valence-electron chi connectivity index (χ4n) is 3.56. The molecule has 1 N–H and O–H groups in total. The van der Waals surface area contributed by atoms with Gasteiger partial charge in [-0.25, -0.2) is 4.79 Å². The van der Waals surface area contributed by atoms with Crippen molar-refractivity contribution in [1.29, 1.82) is 0 Å². The Labute approximate surface area is 137 Å². The van der Waals surface area contributed by atoms with Gasteiger partial charge in [-0.15, -0.1) is 0 Å². The average Bonchev–Trinajstić information content (AvgIpc) is 3.34. The summed E-state index contributed by atoms with van der Waals surface area (Å²) < 4.78 is 39.3. The highest BCUT2D eigenvalue weighted by Crippen LogP contribution is 2.52. The molecule has 1 aliphatic heterocycles. The third-order valence-electron chi connectivity index (χ3n) is 4.84. The highest BCUT2D eigenvalue weighted by molar-refractivity contribution is 5.88. The van der Waals surface area contributed by atoms with Crippen molar-refractivity contribution in [2.75, 3.05) is 6.54 Å². The lowest BCUT2D eigenvalue weighted by Gasteiger charge is -2.33. The van der Waals surface area contributed by atoms with E-state index in [0.29, 0.717) is 19.4 Å². The molecule has 0 spiro atoms. The van der Waals surface area contributed by atoms with Crippen LogP contribution in [0.3, 0.4) is 0 Å². The summed E-state index contributed by atoms with van der Waals surface area (Å²) in [6.45, 7) is 0.361. The molecule has 1 aliphatic carbocycles. The maximum atomic E-state index is 13.1. The van der Waals surface area contributed by atoms with Crippen LogP contribution in [0.1, 0.15) is 42.7 Å². The lowest BCUT2D eigenvalue weighted by molar-refractivity contribution is -0.152. The number of aliphatic carboxylic acids is 1. The molecule has 4 nitrogen and oxygen atoms in total. The molecule has 24 heavy (non-hydrogen) atoms. The molecule has 1 aromatic rings. The minimum atomic E-state index is -4.46. The van der Waals surface area contributed by atoms with E-state index >= 15 is 0 Å². The zero-order chi connectivity index (χ0) is 17.5. The number of benzene rings is 1. The molecule has 2 fully saturated rings. The van der Waals surface area contributed by atoms with Gasteiger partial charge in [-0.3, -0.25) is 4.79 Å². The van der Waals surface area contributed by atoms with Crippen molar-refractivity contribution in [3.05, 3.63) is 35.4 Å². The van der Waals surface area contributed by atoms with Crippen LogP contribution in [0.25, 0.3) is 0 Å². The Morgan fingerprint density at radius 3 is 2.54 bits per heavy atom. The van der Waals surface area contributed by atoms with Crippen molar-refractivity contribution in [3.8, 4) is 0 Å². The molecule has 2 unspecified atom stereocenters. The number of carboxylic acids is 1. The van der Waals surface area contributed by atoms with Crippen LogP contribution in [0.15, 0.2) is 24.3 Å². The molecule has 1 aromatic carbocycles. The summed E-state index contributed by atoms with van der Waals surface area (Å²) in [5, 5.41) is 9.25. The lowest BCUT2D eigenvalue weighted by Crippen LogP contribution is -2.48. The number of rotatable bonds is 3. The molecule has 1 amide bonds. The van der Waals surface area contributed by atoms with Crippen LogP contribution >= 0.6 is 0 Å². The number of nitrogens with zero attached hydrogens (tertiary/aromatic N) is 1. The largest absolute Gasteiger partial charge is 0.480 e. The van der Waals surface area contributed by atoms with Gasteiger partial charge in [0.05, 0.1) is 5.56 Å². The van der Waals surface area contributed by atoms with Crippen LogP contribution in [-0.2, 0) is 15.8 Å². The fourth-order valence-corrected chi connectivity index (χ4v) is 3.56. The molecule has 3 atom stereocenters. The van der Waals surface area contributed by atoms with Crippen LogP contribution in [0, 0.1) is 5.92 Å². The summed E-state index contributed by atoms with van der Waals surface area (Å²) in [5.41, 5.74) is -0.578. The molecule has 1 saturated carbocycles. The van der Waals surface area contributed by atoms with E-state index in [1.54, 1.807) is 0 Å². The van der Waals surface area contributed by atoms with Crippen molar-refractivity contribution in [2.45, 2.75) is 43.8 Å². The van der Waals surface area contributed by atoms with Gasteiger partial charge >= 0.3 is 12.1 Å². The predicted octanol–water partition coefficient (Wildman–Crippen LogP) is 3.27.